The molecule has 0 unspecified atom stereocenters. The third kappa shape index (κ3) is 4.30. The maximum atomic E-state index is 11.8. The van der Waals surface area contributed by atoms with Gasteiger partial charge in [-0.1, -0.05) is 32.1 Å². The van der Waals surface area contributed by atoms with E-state index in [1.165, 1.54) is 0 Å². The second-order valence-corrected chi connectivity index (χ2v) is 8.95. The molecule has 1 N–H and O–H groups in total. The number of rotatable bonds is 4. The largest absolute Gasteiger partial charge is 0.357 e. The van der Waals surface area contributed by atoms with Crippen molar-refractivity contribution in [3.05, 3.63) is 11.9 Å². The molecule has 0 aliphatic carbocycles. The molecule has 2 aromatic rings. The van der Waals surface area contributed by atoms with Crippen LogP contribution in [-0.4, -0.2) is 70.1 Å². The molecule has 0 saturated carbocycles. The predicted molar refractivity (Wildman–Crippen MR) is 101 cm³/mol. The second kappa shape index (κ2) is 6.92. The number of anilines is 1. The first-order chi connectivity index (χ1) is 11.7. The number of piperidine rings is 1. The number of likely N-dealkylation sites (N-methyl/N-ethyl adjacent to an activating group) is 1. The Bertz CT molecular complexity index is 704. The molecular weight excluding hydrogens is 336 g/mol. The fourth-order valence-corrected chi connectivity index (χ4v) is 3.72. The number of amides is 1. The number of fused-ring (bicyclic) bond motifs is 1. The van der Waals surface area contributed by atoms with Gasteiger partial charge in [0.25, 0.3) is 0 Å². The van der Waals surface area contributed by atoms with E-state index in [0.29, 0.717) is 12.6 Å². The Morgan fingerprint density at radius 3 is 2.60 bits per heavy atom. The molecule has 0 bridgehead atoms. The second-order valence-electron chi connectivity index (χ2n) is 7.99. The van der Waals surface area contributed by atoms with Crippen LogP contribution in [0.1, 0.15) is 39.3 Å². The van der Waals surface area contributed by atoms with Gasteiger partial charge in [-0.2, -0.15) is 0 Å². The quantitative estimate of drug-likeness (QED) is 0.899. The maximum absolute atomic E-state index is 11.8. The fourth-order valence-electron chi connectivity index (χ4n) is 2.86. The number of imidazole rings is 1. The van der Waals surface area contributed by atoms with Gasteiger partial charge in [0.15, 0.2) is 0 Å². The van der Waals surface area contributed by atoms with Crippen LogP contribution in [0.25, 0.3) is 4.96 Å². The summed E-state index contributed by atoms with van der Waals surface area (Å²) < 4.78 is 1.87. The molecule has 8 heteroatoms. The topological polar surface area (TPSA) is 65.8 Å². The van der Waals surface area contributed by atoms with Crippen LogP contribution >= 0.6 is 11.3 Å². The molecule has 25 heavy (non-hydrogen) atoms. The van der Waals surface area contributed by atoms with Crippen LogP contribution in [-0.2, 0) is 10.2 Å². The normalized spacial score (nSPS) is 17.2. The van der Waals surface area contributed by atoms with Crippen LogP contribution in [0.15, 0.2) is 6.20 Å². The van der Waals surface area contributed by atoms with Crippen molar-refractivity contribution in [2.24, 2.45) is 0 Å². The zero-order valence-corrected chi connectivity index (χ0v) is 16.6. The third-order valence-electron chi connectivity index (χ3n) is 4.58. The first kappa shape index (κ1) is 18.1. The van der Waals surface area contributed by atoms with Crippen molar-refractivity contribution >= 4 is 27.3 Å². The summed E-state index contributed by atoms with van der Waals surface area (Å²) in [7, 11) is 3.61. The Kier molecular flexibility index (Phi) is 5.02. The molecule has 1 saturated heterocycles. The molecule has 1 aliphatic rings. The van der Waals surface area contributed by atoms with Crippen LogP contribution in [0.4, 0.5) is 5.13 Å². The standard InChI is InChI=1S/C17H28N6OS/c1-17(2,3)13-10-23-16(19-13)25-15(20-23)18-12-6-8-22(9-7-12)11-14(24)21(4)5/h10,12H,6-9,11H2,1-5H3,(H,18,20). The molecule has 1 aliphatic heterocycles. The number of nitrogens with one attached hydrogen (secondary N) is 1. The van der Waals surface area contributed by atoms with E-state index in [0.717, 1.165) is 41.7 Å². The van der Waals surface area contributed by atoms with Crippen LogP contribution in [0.2, 0.25) is 0 Å². The van der Waals surface area contributed by atoms with Gasteiger partial charge >= 0.3 is 0 Å². The van der Waals surface area contributed by atoms with E-state index in [-0.39, 0.29) is 11.3 Å². The van der Waals surface area contributed by atoms with Crippen molar-refractivity contribution in [2.75, 3.05) is 39.0 Å². The summed E-state index contributed by atoms with van der Waals surface area (Å²) in [5.41, 5.74) is 1.11. The Morgan fingerprint density at radius 1 is 1.36 bits per heavy atom. The van der Waals surface area contributed by atoms with Crippen molar-refractivity contribution < 1.29 is 4.79 Å². The minimum atomic E-state index is 0.0395. The Labute approximate surface area is 153 Å². The third-order valence-corrected chi connectivity index (χ3v) is 5.44. The van der Waals surface area contributed by atoms with Gasteiger partial charge in [0.2, 0.25) is 16.0 Å². The first-order valence-corrected chi connectivity index (χ1v) is 9.60. The number of carbonyl (C=O) groups is 1. The average molecular weight is 365 g/mol. The lowest BCUT2D eigenvalue weighted by atomic mass is 9.93. The minimum absolute atomic E-state index is 0.0395. The Balaban J connectivity index is 1.54. The van der Waals surface area contributed by atoms with Crippen molar-refractivity contribution in [3.63, 3.8) is 0 Å². The highest BCUT2D eigenvalue weighted by molar-refractivity contribution is 7.20. The van der Waals surface area contributed by atoms with Gasteiger partial charge < -0.3 is 10.2 Å². The van der Waals surface area contributed by atoms with Gasteiger partial charge in [0.1, 0.15) is 0 Å². The minimum Gasteiger partial charge on any atom is -0.357 e. The van der Waals surface area contributed by atoms with Gasteiger partial charge in [0.05, 0.1) is 18.4 Å². The molecule has 138 valence electrons. The summed E-state index contributed by atoms with van der Waals surface area (Å²) in [6.45, 7) is 8.87. The van der Waals surface area contributed by atoms with Crippen LogP contribution in [0.5, 0.6) is 0 Å². The van der Waals surface area contributed by atoms with E-state index in [1.807, 2.05) is 10.7 Å². The van der Waals surface area contributed by atoms with Gasteiger partial charge in [-0.15, -0.1) is 5.10 Å². The summed E-state index contributed by atoms with van der Waals surface area (Å²) in [5.74, 6) is 0.169. The predicted octanol–water partition coefficient (Wildman–Crippen LogP) is 2.05. The maximum Gasteiger partial charge on any atom is 0.236 e. The zero-order chi connectivity index (χ0) is 18.2. The summed E-state index contributed by atoms with van der Waals surface area (Å²) in [6, 6.07) is 0.406. The molecule has 2 aromatic heterocycles. The highest BCUT2D eigenvalue weighted by Crippen LogP contribution is 2.26. The molecule has 1 amide bonds. The van der Waals surface area contributed by atoms with Crippen molar-refractivity contribution in [1.82, 2.24) is 24.4 Å². The number of carbonyl (C=O) groups excluding carboxylic acids is 1. The summed E-state index contributed by atoms with van der Waals surface area (Å²) in [4.78, 5) is 21.3. The van der Waals surface area contributed by atoms with Crippen LogP contribution in [0.3, 0.4) is 0 Å². The van der Waals surface area contributed by atoms with Gasteiger partial charge in [0, 0.05) is 38.6 Å². The van der Waals surface area contributed by atoms with Crippen LogP contribution in [0, 0.1) is 0 Å². The Morgan fingerprint density at radius 2 is 2.04 bits per heavy atom. The molecule has 0 aromatic carbocycles. The lowest BCUT2D eigenvalue weighted by Crippen LogP contribution is -2.43. The van der Waals surface area contributed by atoms with E-state index >= 15 is 0 Å². The number of hydrogen-bond acceptors (Lipinski definition) is 6. The summed E-state index contributed by atoms with van der Waals surface area (Å²) >= 11 is 1.60. The summed E-state index contributed by atoms with van der Waals surface area (Å²) in [6.07, 6.45) is 4.07. The molecule has 0 spiro atoms. The van der Waals surface area contributed by atoms with E-state index in [1.54, 1.807) is 30.3 Å². The fraction of sp³-hybridized carbons (Fsp3) is 0.706. The zero-order valence-electron chi connectivity index (χ0n) is 15.7. The van der Waals surface area contributed by atoms with Gasteiger partial charge in [-0.25, -0.2) is 9.50 Å². The molecule has 0 atom stereocenters. The van der Waals surface area contributed by atoms with Gasteiger partial charge in [-0.05, 0) is 12.8 Å². The number of likely N-dealkylation sites (tertiary alicyclic amines) is 1. The molecular formula is C17H28N6OS. The lowest BCUT2D eigenvalue weighted by Gasteiger charge is -2.32. The number of hydrogen-bond donors (Lipinski definition) is 1. The lowest BCUT2D eigenvalue weighted by molar-refractivity contribution is -0.130. The van der Waals surface area contributed by atoms with Crippen LogP contribution < -0.4 is 5.32 Å². The molecule has 7 nitrogen and oxygen atoms in total. The van der Waals surface area contributed by atoms with Crippen molar-refractivity contribution in [3.8, 4) is 0 Å². The number of aromatic nitrogens is 3. The van der Waals surface area contributed by atoms with E-state index in [2.05, 4.69) is 41.1 Å². The molecule has 3 rings (SSSR count). The average Bonchev–Trinajstić information content (AvgIpc) is 3.07. The summed E-state index contributed by atoms with van der Waals surface area (Å²) in [5, 5.41) is 9.08. The smallest absolute Gasteiger partial charge is 0.236 e. The van der Waals surface area contributed by atoms with Crippen molar-refractivity contribution in [1.29, 1.82) is 0 Å². The van der Waals surface area contributed by atoms with E-state index in [4.69, 9.17) is 0 Å². The highest BCUT2D eigenvalue weighted by Gasteiger charge is 2.23. The highest BCUT2D eigenvalue weighted by atomic mass is 32.1. The monoisotopic (exact) mass is 364 g/mol. The van der Waals surface area contributed by atoms with E-state index in [9.17, 15) is 4.79 Å². The van der Waals surface area contributed by atoms with Gasteiger partial charge in [-0.3, -0.25) is 9.69 Å². The van der Waals surface area contributed by atoms with Crippen molar-refractivity contribution in [2.45, 2.75) is 45.1 Å². The molecule has 0 radical (unpaired) electrons. The molecule has 3 heterocycles. The SMILES string of the molecule is CN(C)C(=O)CN1CCC(Nc2nn3cc(C(C)(C)C)nc3s2)CC1. The Hall–Kier alpha value is -1.67. The van der Waals surface area contributed by atoms with E-state index < -0.39 is 0 Å². The first-order valence-electron chi connectivity index (χ1n) is 8.78. The number of nitrogens with zero attached hydrogens (tertiary/aromatic N) is 5. The molecule has 1 fully saturated rings.